The minimum Gasteiger partial charge on any atom is -0.188 e. The topological polar surface area (TPSA) is 9.23 Å². The number of hydrogen-bond acceptors (Lipinski definition) is 1. The average molecular weight is 144 g/mol. The third-order valence-electron chi connectivity index (χ3n) is 3.19. The molecule has 0 atom stereocenters. The fraction of sp³-hybridized carbons (Fsp3) is 1.00. The Labute approximate surface area is 60.5 Å². The van der Waals surface area contributed by atoms with Gasteiger partial charge in [-0.15, -0.1) is 0 Å². The van der Waals surface area contributed by atoms with E-state index in [1.807, 2.05) is 0 Å². The predicted molar refractivity (Wildman–Crippen MR) is 36.1 cm³/mol. The zero-order valence-corrected chi connectivity index (χ0v) is 6.11. The lowest BCUT2D eigenvalue weighted by molar-refractivity contribution is -0.264. The van der Waals surface area contributed by atoms with Gasteiger partial charge in [-0.25, -0.2) is 0 Å². The molecule has 1 nitrogen and oxygen atoms in total. The third-order valence-corrected chi connectivity index (χ3v) is 3.19. The molecule has 0 amide bonds. The van der Waals surface area contributed by atoms with Gasteiger partial charge in [-0.2, -0.15) is 4.94 Å². The van der Waals surface area contributed by atoms with E-state index in [1.165, 1.54) is 19.3 Å². The van der Waals surface area contributed by atoms with Crippen LogP contribution in [0.25, 0.3) is 0 Å². The van der Waals surface area contributed by atoms with Crippen LogP contribution in [0.3, 0.4) is 0 Å². The monoisotopic (exact) mass is 144 g/mol. The van der Waals surface area contributed by atoms with Crippen molar-refractivity contribution in [1.82, 2.24) is 0 Å². The zero-order valence-electron chi connectivity index (χ0n) is 6.11. The summed E-state index contributed by atoms with van der Waals surface area (Å²) in [6.07, 6.45) is 6.41. The Balaban J connectivity index is 2.08. The highest BCUT2D eigenvalue weighted by atomic mass is 19.3. The van der Waals surface area contributed by atoms with E-state index in [-0.39, 0.29) is 5.60 Å². The van der Waals surface area contributed by atoms with Crippen molar-refractivity contribution in [3.63, 3.8) is 0 Å². The lowest BCUT2D eigenvalue weighted by Gasteiger charge is -2.42. The number of halogens is 1. The number of hydrogen-bond donors (Lipinski definition) is 0. The highest BCUT2D eigenvalue weighted by Gasteiger charge is 2.42. The van der Waals surface area contributed by atoms with Crippen molar-refractivity contribution in [2.75, 3.05) is 0 Å². The Morgan fingerprint density at radius 2 is 1.60 bits per heavy atom. The second-order valence-electron chi connectivity index (χ2n) is 3.74. The Morgan fingerprint density at radius 1 is 1.10 bits per heavy atom. The molecule has 0 aromatic rings. The molecule has 0 N–H and O–H groups in total. The number of fused-ring (bicyclic) bond motifs is 3. The van der Waals surface area contributed by atoms with Gasteiger partial charge in [-0.05, 0) is 49.0 Å². The van der Waals surface area contributed by atoms with Crippen LogP contribution in [0.4, 0.5) is 4.53 Å². The van der Waals surface area contributed by atoms with Crippen molar-refractivity contribution in [3.05, 3.63) is 0 Å². The molecular formula is C8H13FO. The summed E-state index contributed by atoms with van der Waals surface area (Å²) >= 11 is 0. The summed E-state index contributed by atoms with van der Waals surface area (Å²) in [5, 5.41) is 0. The molecule has 3 aliphatic rings. The van der Waals surface area contributed by atoms with E-state index in [2.05, 4.69) is 4.94 Å². The van der Waals surface area contributed by atoms with Crippen LogP contribution >= 0.6 is 0 Å². The van der Waals surface area contributed by atoms with Gasteiger partial charge in [0, 0.05) is 0 Å². The Kier molecular flexibility index (Phi) is 1.44. The molecular weight excluding hydrogens is 131 g/mol. The maximum Gasteiger partial charge on any atom is 0.109 e. The average Bonchev–Trinajstić information content (AvgIpc) is 2.08. The van der Waals surface area contributed by atoms with Gasteiger partial charge in [0.1, 0.15) is 5.60 Å². The molecule has 3 rings (SSSR count). The summed E-state index contributed by atoms with van der Waals surface area (Å²) in [4.78, 5) is 4.07. The summed E-state index contributed by atoms with van der Waals surface area (Å²) in [5.74, 6) is 0.886. The SMILES string of the molecule is FOC12CCC(CC1)CC2. The Morgan fingerprint density at radius 3 is 1.90 bits per heavy atom. The first-order chi connectivity index (χ1) is 4.85. The maximum absolute atomic E-state index is 12.1. The molecule has 0 aliphatic heterocycles. The highest BCUT2D eigenvalue weighted by molar-refractivity contribution is 4.92. The number of rotatable bonds is 1. The minimum absolute atomic E-state index is 0.339. The molecule has 0 unspecified atom stereocenters. The van der Waals surface area contributed by atoms with Crippen LogP contribution in [-0.4, -0.2) is 5.60 Å². The molecule has 58 valence electrons. The standard InChI is InChI=1S/C8H13FO/c9-10-8-4-1-7(2-5-8)3-6-8/h7H,1-6H2. The molecule has 3 aliphatic carbocycles. The Bertz CT molecular complexity index is 113. The van der Waals surface area contributed by atoms with Crippen molar-refractivity contribution in [2.24, 2.45) is 5.92 Å². The van der Waals surface area contributed by atoms with Crippen molar-refractivity contribution in [2.45, 2.75) is 44.1 Å². The lowest BCUT2D eigenvalue weighted by Crippen LogP contribution is -2.40. The van der Waals surface area contributed by atoms with E-state index in [1.54, 1.807) is 0 Å². The van der Waals surface area contributed by atoms with E-state index in [9.17, 15) is 4.53 Å². The van der Waals surface area contributed by atoms with Crippen LogP contribution in [-0.2, 0) is 4.94 Å². The lowest BCUT2D eigenvalue weighted by atomic mass is 9.68. The summed E-state index contributed by atoms with van der Waals surface area (Å²) < 4.78 is 12.1. The first-order valence-electron chi connectivity index (χ1n) is 4.14. The smallest absolute Gasteiger partial charge is 0.109 e. The molecule has 0 spiro atoms. The summed E-state index contributed by atoms with van der Waals surface area (Å²) in [5.41, 5.74) is -0.339. The van der Waals surface area contributed by atoms with Crippen molar-refractivity contribution in [1.29, 1.82) is 0 Å². The molecule has 0 aromatic heterocycles. The zero-order chi connectivity index (χ0) is 7.03. The first-order valence-corrected chi connectivity index (χ1v) is 4.14. The summed E-state index contributed by atoms with van der Waals surface area (Å²) in [7, 11) is 0. The maximum atomic E-state index is 12.1. The molecule has 3 saturated carbocycles. The highest BCUT2D eigenvalue weighted by Crippen LogP contribution is 2.46. The van der Waals surface area contributed by atoms with E-state index in [4.69, 9.17) is 0 Å². The van der Waals surface area contributed by atoms with Gasteiger partial charge in [-0.1, -0.05) is 0 Å². The van der Waals surface area contributed by atoms with E-state index >= 15 is 0 Å². The molecule has 0 heterocycles. The molecule has 10 heavy (non-hydrogen) atoms. The summed E-state index contributed by atoms with van der Waals surface area (Å²) in [6, 6.07) is 0. The van der Waals surface area contributed by atoms with Gasteiger partial charge in [0.05, 0.1) is 0 Å². The van der Waals surface area contributed by atoms with Crippen molar-refractivity contribution in [3.8, 4) is 0 Å². The van der Waals surface area contributed by atoms with Crippen LogP contribution < -0.4 is 0 Å². The van der Waals surface area contributed by atoms with Gasteiger partial charge in [-0.3, -0.25) is 0 Å². The van der Waals surface area contributed by atoms with E-state index in [0.717, 1.165) is 25.2 Å². The second kappa shape index (κ2) is 2.19. The fourth-order valence-electron chi connectivity index (χ4n) is 2.33. The van der Waals surface area contributed by atoms with Crippen molar-refractivity contribution >= 4 is 0 Å². The van der Waals surface area contributed by atoms with Crippen LogP contribution in [0.1, 0.15) is 38.5 Å². The van der Waals surface area contributed by atoms with Crippen LogP contribution in [0.2, 0.25) is 0 Å². The molecule has 2 bridgehead atoms. The van der Waals surface area contributed by atoms with E-state index in [0.29, 0.717) is 0 Å². The molecule has 2 heteroatoms. The quantitative estimate of drug-likeness (QED) is 0.549. The second-order valence-corrected chi connectivity index (χ2v) is 3.74. The van der Waals surface area contributed by atoms with Gasteiger partial charge < -0.3 is 0 Å². The van der Waals surface area contributed by atoms with E-state index < -0.39 is 0 Å². The van der Waals surface area contributed by atoms with Gasteiger partial charge in [0.25, 0.3) is 0 Å². The van der Waals surface area contributed by atoms with Gasteiger partial charge in [0.2, 0.25) is 0 Å². The minimum atomic E-state index is -0.339. The van der Waals surface area contributed by atoms with Gasteiger partial charge >= 0.3 is 0 Å². The van der Waals surface area contributed by atoms with Crippen LogP contribution in [0, 0.1) is 5.92 Å². The predicted octanol–water partition coefficient (Wildman–Crippen LogP) is 2.61. The van der Waals surface area contributed by atoms with Crippen LogP contribution in [0.5, 0.6) is 0 Å². The largest absolute Gasteiger partial charge is 0.188 e. The molecule has 0 aromatic carbocycles. The molecule has 3 fully saturated rings. The van der Waals surface area contributed by atoms with Crippen molar-refractivity contribution < 1.29 is 9.47 Å². The first kappa shape index (κ1) is 6.59. The van der Waals surface area contributed by atoms with Gasteiger partial charge in [0.15, 0.2) is 0 Å². The molecule has 0 radical (unpaired) electrons. The molecule has 0 saturated heterocycles. The van der Waals surface area contributed by atoms with Crippen LogP contribution in [0.15, 0.2) is 0 Å². The fourth-order valence-corrected chi connectivity index (χ4v) is 2.33. The normalized spacial score (nSPS) is 45.9. The third kappa shape index (κ3) is 0.858. The Hall–Kier alpha value is -0.110. The summed E-state index contributed by atoms with van der Waals surface area (Å²) in [6.45, 7) is 0.